The largest absolute Gasteiger partial charge is 0.496 e. The average molecular weight is 263 g/mol. The number of nitrogen functional groups attached to an aromatic ring is 1. The lowest BCUT2D eigenvalue weighted by Gasteiger charge is -2.08. The quantitative estimate of drug-likeness (QED) is 0.795. The standard InChI is InChI=1S/C12H10FN3O3/c1-19-9-3-2-6(13)4-7(9)10(17)8-5-15-12(18)16-11(8)14/h2-5H,1H3,(H3,14,15,16,18). The first-order chi connectivity index (χ1) is 9.02. The number of halogens is 1. The van der Waals surface area contributed by atoms with Crippen LogP contribution in [-0.4, -0.2) is 22.9 Å². The zero-order valence-corrected chi connectivity index (χ0v) is 9.94. The van der Waals surface area contributed by atoms with Crippen LogP contribution in [0.2, 0.25) is 0 Å². The second-order valence-corrected chi connectivity index (χ2v) is 3.69. The molecule has 0 saturated heterocycles. The third-order valence-electron chi connectivity index (χ3n) is 2.49. The highest BCUT2D eigenvalue weighted by Gasteiger charge is 2.18. The smallest absolute Gasteiger partial charge is 0.346 e. The highest BCUT2D eigenvalue weighted by Crippen LogP contribution is 2.23. The van der Waals surface area contributed by atoms with Crippen molar-refractivity contribution < 1.29 is 13.9 Å². The number of nitrogens with one attached hydrogen (secondary N) is 1. The summed E-state index contributed by atoms with van der Waals surface area (Å²) in [4.78, 5) is 28.8. The van der Waals surface area contributed by atoms with Crippen molar-refractivity contribution in [2.75, 3.05) is 12.8 Å². The fourth-order valence-corrected chi connectivity index (χ4v) is 1.59. The van der Waals surface area contributed by atoms with Crippen molar-refractivity contribution in [2.24, 2.45) is 0 Å². The predicted octanol–water partition coefficient (Wildman–Crippen LogP) is 0.731. The molecular formula is C12H10FN3O3. The molecule has 7 heteroatoms. The van der Waals surface area contributed by atoms with Gasteiger partial charge in [-0.1, -0.05) is 0 Å². The number of nitrogens with two attached hydrogens (primary N) is 1. The SMILES string of the molecule is COc1ccc(F)cc1C(=O)c1cnc(=O)[nH]c1N. The maximum absolute atomic E-state index is 13.2. The van der Waals surface area contributed by atoms with Gasteiger partial charge in [0.1, 0.15) is 17.4 Å². The van der Waals surface area contributed by atoms with E-state index in [1.165, 1.54) is 19.2 Å². The third kappa shape index (κ3) is 2.44. The summed E-state index contributed by atoms with van der Waals surface area (Å²) in [5.74, 6) is -1.09. The topological polar surface area (TPSA) is 98.1 Å². The maximum Gasteiger partial charge on any atom is 0.346 e. The molecular weight excluding hydrogens is 253 g/mol. The lowest BCUT2D eigenvalue weighted by molar-refractivity contribution is 0.103. The molecule has 0 fully saturated rings. The summed E-state index contributed by atoms with van der Waals surface area (Å²) in [5, 5.41) is 0. The van der Waals surface area contributed by atoms with Gasteiger partial charge >= 0.3 is 5.69 Å². The van der Waals surface area contributed by atoms with Crippen LogP contribution in [0.1, 0.15) is 15.9 Å². The molecule has 0 aliphatic carbocycles. The Bertz CT molecular complexity index is 697. The highest BCUT2D eigenvalue weighted by atomic mass is 19.1. The summed E-state index contributed by atoms with van der Waals surface area (Å²) in [7, 11) is 1.36. The van der Waals surface area contributed by atoms with Gasteiger partial charge in [-0.3, -0.25) is 9.78 Å². The predicted molar refractivity (Wildman–Crippen MR) is 65.7 cm³/mol. The van der Waals surface area contributed by atoms with Gasteiger partial charge in [0, 0.05) is 6.20 Å². The van der Waals surface area contributed by atoms with Gasteiger partial charge in [-0.25, -0.2) is 14.2 Å². The van der Waals surface area contributed by atoms with Crippen LogP contribution in [0.15, 0.2) is 29.2 Å². The molecule has 0 spiro atoms. The minimum Gasteiger partial charge on any atom is -0.496 e. The molecule has 98 valence electrons. The van der Waals surface area contributed by atoms with Crippen molar-refractivity contribution in [3.63, 3.8) is 0 Å². The molecule has 2 rings (SSSR count). The Labute approximate surface area is 107 Å². The van der Waals surface area contributed by atoms with Crippen LogP contribution in [0, 0.1) is 5.82 Å². The van der Waals surface area contributed by atoms with Crippen LogP contribution in [0.25, 0.3) is 0 Å². The Hall–Kier alpha value is -2.70. The molecule has 6 nitrogen and oxygen atoms in total. The van der Waals surface area contributed by atoms with Crippen molar-refractivity contribution >= 4 is 11.6 Å². The van der Waals surface area contributed by atoms with Gasteiger partial charge in [-0.15, -0.1) is 0 Å². The van der Waals surface area contributed by atoms with E-state index in [0.29, 0.717) is 0 Å². The molecule has 1 aromatic carbocycles. The number of methoxy groups -OCH3 is 1. The van der Waals surface area contributed by atoms with Gasteiger partial charge in [0.05, 0.1) is 18.2 Å². The zero-order valence-electron chi connectivity index (χ0n) is 9.94. The number of aromatic nitrogens is 2. The average Bonchev–Trinajstić information content (AvgIpc) is 2.38. The second kappa shape index (κ2) is 4.89. The second-order valence-electron chi connectivity index (χ2n) is 3.69. The number of H-pyrrole nitrogens is 1. The molecule has 0 bridgehead atoms. The van der Waals surface area contributed by atoms with E-state index in [2.05, 4.69) is 9.97 Å². The van der Waals surface area contributed by atoms with Gasteiger partial charge in [0.2, 0.25) is 5.78 Å². The van der Waals surface area contributed by atoms with Crippen molar-refractivity contribution in [1.29, 1.82) is 0 Å². The van der Waals surface area contributed by atoms with Gasteiger partial charge in [-0.2, -0.15) is 0 Å². The van der Waals surface area contributed by atoms with Crippen molar-refractivity contribution in [3.8, 4) is 5.75 Å². The van der Waals surface area contributed by atoms with E-state index in [0.717, 1.165) is 12.3 Å². The Morgan fingerprint density at radius 1 is 1.42 bits per heavy atom. The van der Waals surface area contributed by atoms with E-state index in [9.17, 15) is 14.0 Å². The van der Waals surface area contributed by atoms with Crippen molar-refractivity contribution in [1.82, 2.24) is 9.97 Å². The molecule has 3 N–H and O–H groups in total. The minimum absolute atomic E-state index is 0.00282. The summed E-state index contributed by atoms with van der Waals surface area (Å²) in [6.07, 6.45) is 1.04. The summed E-state index contributed by atoms with van der Waals surface area (Å²) in [5.41, 5.74) is 4.85. The Balaban J connectivity index is 2.55. The normalized spacial score (nSPS) is 10.2. The van der Waals surface area contributed by atoms with Crippen LogP contribution in [0.5, 0.6) is 5.75 Å². The van der Waals surface area contributed by atoms with Crippen molar-refractivity contribution in [3.05, 3.63) is 51.8 Å². The number of benzene rings is 1. The number of aromatic amines is 1. The van der Waals surface area contributed by atoms with Crippen LogP contribution < -0.4 is 16.2 Å². The van der Waals surface area contributed by atoms with Gasteiger partial charge in [-0.05, 0) is 18.2 Å². The Morgan fingerprint density at radius 2 is 2.16 bits per heavy atom. The third-order valence-corrected chi connectivity index (χ3v) is 2.49. The number of hydrogen-bond donors (Lipinski definition) is 2. The fraction of sp³-hybridized carbons (Fsp3) is 0.0833. The molecule has 2 aromatic rings. The number of hydrogen-bond acceptors (Lipinski definition) is 5. The van der Waals surface area contributed by atoms with Crippen LogP contribution in [-0.2, 0) is 0 Å². The maximum atomic E-state index is 13.2. The van der Waals surface area contributed by atoms with Gasteiger partial charge in [0.15, 0.2) is 0 Å². The summed E-state index contributed by atoms with van der Waals surface area (Å²) >= 11 is 0. The number of ether oxygens (including phenoxy) is 1. The number of nitrogens with zero attached hydrogens (tertiary/aromatic N) is 1. The first-order valence-electron chi connectivity index (χ1n) is 5.26. The molecule has 1 aromatic heterocycles. The van der Waals surface area contributed by atoms with Crippen molar-refractivity contribution in [2.45, 2.75) is 0 Å². The van der Waals surface area contributed by atoms with Crippen LogP contribution >= 0.6 is 0 Å². The molecule has 0 aliphatic rings. The van der Waals surface area contributed by atoms with Gasteiger partial charge in [0.25, 0.3) is 0 Å². The molecule has 19 heavy (non-hydrogen) atoms. The van der Waals surface area contributed by atoms with E-state index in [1.807, 2.05) is 0 Å². The lowest BCUT2D eigenvalue weighted by Crippen LogP contribution is -2.17. The van der Waals surface area contributed by atoms with E-state index in [-0.39, 0.29) is 22.7 Å². The Kier molecular flexibility index (Phi) is 3.28. The Morgan fingerprint density at radius 3 is 2.79 bits per heavy atom. The number of carbonyl (C=O) groups excluding carboxylic acids is 1. The van der Waals surface area contributed by atoms with E-state index in [4.69, 9.17) is 10.5 Å². The van der Waals surface area contributed by atoms with E-state index < -0.39 is 17.3 Å². The molecule has 0 aliphatic heterocycles. The minimum atomic E-state index is -0.666. The first-order valence-corrected chi connectivity index (χ1v) is 5.26. The number of rotatable bonds is 3. The number of carbonyl (C=O) groups is 1. The first kappa shape index (κ1) is 12.7. The fourth-order valence-electron chi connectivity index (χ4n) is 1.59. The molecule has 0 radical (unpaired) electrons. The molecule has 0 atom stereocenters. The monoisotopic (exact) mass is 263 g/mol. The molecule has 0 unspecified atom stereocenters. The lowest BCUT2D eigenvalue weighted by atomic mass is 10.0. The van der Waals surface area contributed by atoms with E-state index >= 15 is 0 Å². The highest BCUT2D eigenvalue weighted by molar-refractivity contribution is 6.12. The summed E-state index contributed by atoms with van der Waals surface area (Å²) in [6.45, 7) is 0. The summed E-state index contributed by atoms with van der Waals surface area (Å²) < 4.78 is 18.2. The molecule has 0 saturated carbocycles. The molecule has 0 amide bonds. The van der Waals surface area contributed by atoms with Crippen LogP contribution in [0.3, 0.4) is 0 Å². The zero-order chi connectivity index (χ0) is 14.0. The van der Waals surface area contributed by atoms with Crippen LogP contribution in [0.4, 0.5) is 10.2 Å². The summed E-state index contributed by atoms with van der Waals surface area (Å²) in [6, 6.07) is 3.54. The number of anilines is 1. The van der Waals surface area contributed by atoms with Gasteiger partial charge < -0.3 is 10.5 Å². The number of ketones is 1. The molecule has 1 heterocycles. The van der Waals surface area contributed by atoms with E-state index in [1.54, 1.807) is 0 Å².